The van der Waals surface area contributed by atoms with E-state index < -0.39 is 0 Å². The van der Waals surface area contributed by atoms with Crippen molar-refractivity contribution >= 4 is 23.4 Å². The van der Waals surface area contributed by atoms with E-state index in [0.717, 1.165) is 17.9 Å². The van der Waals surface area contributed by atoms with Gasteiger partial charge in [-0.15, -0.1) is 11.6 Å². The Morgan fingerprint density at radius 3 is 3.12 bits per heavy atom. The molecule has 2 rings (SSSR count). The molecule has 2 unspecified atom stereocenters. The van der Waals surface area contributed by atoms with Crippen LogP contribution < -0.4 is 4.74 Å². The molecule has 0 aromatic heterocycles. The Labute approximate surface area is 107 Å². The first-order valence-corrected chi connectivity index (χ1v) is 7.21. The molecule has 1 nitrogen and oxygen atoms in total. The van der Waals surface area contributed by atoms with E-state index in [9.17, 15) is 0 Å². The molecule has 1 aromatic carbocycles. The summed E-state index contributed by atoms with van der Waals surface area (Å²) < 4.78 is 5.89. The van der Waals surface area contributed by atoms with Gasteiger partial charge in [0.15, 0.2) is 0 Å². The molecule has 88 valence electrons. The minimum Gasteiger partial charge on any atom is -0.489 e. The topological polar surface area (TPSA) is 9.23 Å². The van der Waals surface area contributed by atoms with Crippen molar-refractivity contribution in [2.24, 2.45) is 0 Å². The molecule has 0 bridgehead atoms. The molecule has 0 fully saturated rings. The van der Waals surface area contributed by atoms with E-state index in [-0.39, 0.29) is 0 Å². The van der Waals surface area contributed by atoms with Crippen LogP contribution in [0.4, 0.5) is 0 Å². The maximum Gasteiger partial charge on any atom is 0.123 e. The van der Waals surface area contributed by atoms with Gasteiger partial charge in [0.05, 0.1) is 0 Å². The van der Waals surface area contributed by atoms with Gasteiger partial charge in [0.2, 0.25) is 0 Å². The summed E-state index contributed by atoms with van der Waals surface area (Å²) in [6.45, 7) is 4.28. The smallest absolute Gasteiger partial charge is 0.123 e. The Morgan fingerprint density at radius 2 is 2.38 bits per heavy atom. The fourth-order valence-electron chi connectivity index (χ4n) is 1.86. The molecule has 2 atom stereocenters. The van der Waals surface area contributed by atoms with Gasteiger partial charge in [-0.25, -0.2) is 0 Å². The first-order chi connectivity index (χ1) is 7.69. The Balaban J connectivity index is 1.90. The van der Waals surface area contributed by atoms with Gasteiger partial charge in [-0.2, -0.15) is 11.8 Å². The summed E-state index contributed by atoms with van der Waals surface area (Å²) in [5.74, 6) is 2.81. The van der Waals surface area contributed by atoms with E-state index in [1.165, 1.54) is 11.1 Å². The van der Waals surface area contributed by atoms with Gasteiger partial charge in [0.1, 0.15) is 11.9 Å². The standard InChI is InChI=1S/C13H17ClOS/c1-9-3-4-13-11(5-9)6-12(15-13)8-16-10(2)7-14/h3-5,10,12H,6-8H2,1-2H3. The summed E-state index contributed by atoms with van der Waals surface area (Å²) in [4.78, 5) is 0. The Hall–Kier alpha value is -0.340. The number of hydrogen-bond acceptors (Lipinski definition) is 2. The molecule has 0 saturated heterocycles. The van der Waals surface area contributed by atoms with Crippen molar-refractivity contribution in [3.63, 3.8) is 0 Å². The van der Waals surface area contributed by atoms with Crippen molar-refractivity contribution in [1.29, 1.82) is 0 Å². The van der Waals surface area contributed by atoms with Gasteiger partial charge in [-0.05, 0) is 18.6 Å². The molecule has 3 heteroatoms. The first kappa shape index (κ1) is 12.1. The minimum absolute atomic E-state index is 0.326. The molecule has 0 amide bonds. The number of aryl methyl sites for hydroxylation is 1. The average molecular weight is 257 g/mol. The lowest BCUT2D eigenvalue weighted by molar-refractivity contribution is 0.259. The summed E-state index contributed by atoms with van der Waals surface area (Å²) in [5.41, 5.74) is 2.66. The summed E-state index contributed by atoms with van der Waals surface area (Å²) in [7, 11) is 0. The highest BCUT2D eigenvalue weighted by molar-refractivity contribution is 8.00. The van der Waals surface area contributed by atoms with Crippen molar-refractivity contribution in [2.45, 2.75) is 31.6 Å². The zero-order valence-electron chi connectivity index (χ0n) is 9.70. The summed E-state index contributed by atoms with van der Waals surface area (Å²) in [5, 5.41) is 0.510. The number of hydrogen-bond donors (Lipinski definition) is 0. The highest BCUT2D eigenvalue weighted by atomic mass is 35.5. The molecule has 1 aliphatic heterocycles. The third kappa shape index (κ3) is 2.86. The predicted octanol–water partition coefficient (Wildman–Crippen LogP) is 3.66. The third-order valence-corrected chi connectivity index (χ3v) is 4.69. The highest BCUT2D eigenvalue weighted by Crippen LogP contribution is 2.31. The van der Waals surface area contributed by atoms with Crippen LogP contribution in [0.15, 0.2) is 18.2 Å². The number of alkyl halides is 1. The number of halogens is 1. The predicted molar refractivity (Wildman–Crippen MR) is 71.9 cm³/mol. The molecule has 16 heavy (non-hydrogen) atoms. The fourth-order valence-corrected chi connectivity index (χ4v) is 2.94. The molecule has 0 radical (unpaired) electrons. The lowest BCUT2D eigenvalue weighted by Crippen LogP contribution is -2.18. The normalized spacial score (nSPS) is 20.3. The van der Waals surface area contributed by atoms with Crippen molar-refractivity contribution in [1.82, 2.24) is 0 Å². The second kappa shape index (κ2) is 5.33. The Bertz CT molecular complexity index is 367. The third-order valence-electron chi connectivity index (χ3n) is 2.74. The SMILES string of the molecule is Cc1ccc2c(c1)CC(CSC(C)CCl)O2. The lowest BCUT2D eigenvalue weighted by atomic mass is 10.1. The number of benzene rings is 1. The quantitative estimate of drug-likeness (QED) is 0.761. The van der Waals surface area contributed by atoms with Gasteiger partial charge < -0.3 is 4.74 Å². The maximum absolute atomic E-state index is 5.89. The lowest BCUT2D eigenvalue weighted by Gasteiger charge is -2.12. The van der Waals surface area contributed by atoms with Crippen molar-refractivity contribution < 1.29 is 4.74 Å². The zero-order chi connectivity index (χ0) is 11.5. The van der Waals surface area contributed by atoms with E-state index in [2.05, 4.69) is 32.0 Å². The maximum atomic E-state index is 5.89. The number of thioether (sulfide) groups is 1. The van der Waals surface area contributed by atoms with Crippen LogP contribution in [-0.4, -0.2) is 23.0 Å². The van der Waals surface area contributed by atoms with Crippen molar-refractivity contribution in [2.75, 3.05) is 11.6 Å². The largest absolute Gasteiger partial charge is 0.489 e. The van der Waals surface area contributed by atoms with E-state index in [1.54, 1.807) is 0 Å². The number of ether oxygens (including phenoxy) is 1. The summed E-state index contributed by atoms with van der Waals surface area (Å²) >= 11 is 7.68. The molecule has 0 N–H and O–H groups in total. The fraction of sp³-hybridized carbons (Fsp3) is 0.538. The van der Waals surface area contributed by atoms with Crippen LogP contribution in [0.1, 0.15) is 18.1 Å². The molecular formula is C13H17ClOS. The van der Waals surface area contributed by atoms with Gasteiger partial charge in [-0.3, -0.25) is 0 Å². The van der Waals surface area contributed by atoms with Crippen LogP contribution in [0.5, 0.6) is 5.75 Å². The van der Waals surface area contributed by atoms with Gasteiger partial charge >= 0.3 is 0 Å². The number of rotatable bonds is 4. The molecule has 0 saturated carbocycles. The zero-order valence-corrected chi connectivity index (χ0v) is 11.3. The van der Waals surface area contributed by atoms with Gasteiger partial charge in [0, 0.05) is 23.3 Å². The highest BCUT2D eigenvalue weighted by Gasteiger charge is 2.23. The van der Waals surface area contributed by atoms with Gasteiger partial charge in [0.25, 0.3) is 0 Å². The molecular weight excluding hydrogens is 240 g/mol. The van der Waals surface area contributed by atoms with Crippen molar-refractivity contribution in [3.8, 4) is 5.75 Å². The van der Waals surface area contributed by atoms with Gasteiger partial charge in [-0.1, -0.05) is 24.6 Å². The minimum atomic E-state index is 0.326. The molecule has 0 spiro atoms. The summed E-state index contributed by atoms with van der Waals surface area (Å²) in [6, 6.07) is 6.42. The number of fused-ring (bicyclic) bond motifs is 1. The van der Waals surface area contributed by atoms with Crippen LogP contribution >= 0.6 is 23.4 Å². The summed E-state index contributed by atoms with van der Waals surface area (Å²) in [6.07, 6.45) is 1.37. The van der Waals surface area contributed by atoms with Crippen LogP contribution in [0.25, 0.3) is 0 Å². The second-order valence-corrected chi connectivity index (χ2v) is 6.13. The molecule has 1 aliphatic rings. The van der Waals surface area contributed by atoms with Crippen LogP contribution in [0, 0.1) is 6.92 Å². The van der Waals surface area contributed by atoms with Crippen LogP contribution in [0.2, 0.25) is 0 Å². The van der Waals surface area contributed by atoms with Crippen LogP contribution in [0.3, 0.4) is 0 Å². The van der Waals surface area contributed by atoms with E-state index in [0.29, 0.717) is 17.2 Å². The molecule has 0 aliphatic carbocycles. The average Bonchev–Trinajstić information content (AvgIpc) is 2.67. The Morgan fingerprint density at radius 1 is 1.56 bits per heavy atom. The second-order valence-electron chi connectivity index (χ2n) is 4.35. The Kier molecular flexibility index (Phi) is 4.04. The monoisotopic (exact) mass is 256 g/mol. The molecule has 1 aromatic rings. The van der Waals surface area contributed by atoms with E-state index >= 15 is 0 Å². The van der Waals surface area contributed by atoms with Crippen LogP contribution in [-0.2, 0) is 6.42 Å². The van der Waals surface area contributed by atoms with E-state index in [1.807, 2.05) is 11.8 Å². The van der Waals surface area contributed by atoms with Crippen molar-refractivity contribution in [3.05, 3.63) is 29.3 Å². The van der Waals surface area contributed by atoms with E-state index in [4.69, 9.17) is 16.3 Å². The first-order valence-electron chi connectivity index (χ1n) is 5.63. The molecule has 1 heterocycles.